The van der Waals surface area contributed by atoms with Crippen molar-refractivity contribution in [2.45, 2.75) is 15.8 Å². The van der Waals surface area contributed by atoms with Crippen LogP contribution in [0.15, 0.2) is 88.7 Å². The van der Waals surface area contributed by atoms with Crippen molar-refractivity contribution < 1.29 is 49.6 Å². The van der Waals surface area contributed by atoms with Gasteiger partial charge in [-0.1, -0.05) is 41.1 Å². The van der Waals surface area contributed by atoms with Crippen LogP contribution in [0.4, 0.5) is 11.4 Å². The quantitative estimate of drug-likeness (QED) is 0.0316. The van der Waals surface area contributed by atoms with Gasteiger partial charge in [0, 0.05) is 61.4 Å². The van der Waals surface area contributed by atoms with Crippen LogP contribution >= 0.6 is 47.3 Å². The second-order valence-electron chi connectivity index (χ2n) is 9.64. The molecule has 6 aromatic rings. The summed E-state index contributed by atoms with van der Waals surface area (Å²) in [6, 6.07) is 24.4. The number of hydrazine groups is 1. The molecule has 4 aromatic carbocycles. The summed E-state index contributed by atoms with van der Waals surface area (Å²) in [5, 5.41) is 10.8. The number of benzene rings is 4. The Balaban J connectivity index is 0.000000250. The van der Waals surface area contributed by atoms with Crippen molar-refractivity contribution in [1.82, 2.24) is 20.6 Å². The van der Waals surface area contributed by atoms with Gasteiger partial charge in [0.2, 0.25) is 0 Å². The molecule has 48 heavy (non-hydrogen) atoms. The van der Waals surface area contributed by atoms with Crippen LogP contribution in [0.5, 0.6) is 0 Å². The monoisotopic (exact) mass is 729 g/mol. The van der Waals surface area contributed by atoms with Crippen LogP contribution in [0.2, 0.25) is 10.0 Å². The van der Waals surface area contributed by atoms with E-state index in [0.717, 1.165) is 78.3 Å². The fourth-order valence-corrected chi connectivity index (χ4v) is 5.85. The molecule has 3 radical (unpaired) electrons. The predicted octanol–water partition coefficient (Wildman–Crippen LogP) is 3.70. The van der Waals surface area contributed by atoms with E-state index in [1.54, 1.807) is 18.2 Å². The third kappa shape index (κ3) is 9.01. The van der Waals surface area contributed by atoms with Gasteiger partial charge in [-0.25, -0.2) is 5.43 Å². The zero-order valence-corrected chi connectivity index (χ0v) is 30.2. The molecule has 18 heteroatoms. The Bertz CT molecular complexity index is 2100. The molecule has 0 bridgehead atoms. The van der Waals surface area contributed by atoms with Crippen molar-refractivity contribution in [1.29, 1.82) is 0 Å². The molecule has 0 saturated carbocycles. The first-order valence-electron chi connectivity index (χ1n) is 13.3. The van der Waals surface area contributed by atoms with Crippen molar-refractivity contribution in [3.05, 3.63) is 100 Å². The molecule has 0 spiro atoms. The first kappa shape index (κ1) is 37.9. The summed E-state index contributed by atoms with van der Waals surface area (Å²) in [6.07, 6.45) is 0. The Kier molecular flexibility index (Phi) is 14.0. The predicted molar refractivity (Wildman–Crippen MR) is 188 cm³/mol. The van der Waals surface area contributed by atoms with Crippen molar-refractivity contribution in [2.24, 2.45) is 11.8 Å². The molecule has 7 rings (SSSR count). The summed E-state index contributed by atoms with van der Waals surface area (Å²) >= 11 is 14.0. The number of anilines is 2. The van der Waals surface area contributed by atoms with Crippen LogP contribution in [0, 0.1) is 11.8 Å². The Morgan fingerprint density at radius 3 is 2.31 bits per heavy atom. The van der Waals surface area contributed by atoms with E-state index in [1.807, 2.05) is 60.7 Å². The molecule has 0 fully saturated rings. The number of nitrogens with two attached hydrogens (primary N) is 3. The maximum absolute atomic E-state index is 6.01. The minimum Gasteiger partial charge on any atom is -1.00 e. The number of fused-ring (bicyclic) bond motifs is 3. The largest absolute Gasteiger partial charge is 1.00 e. The number of hydrogen-bond donors (Lipinski definition) is 7. The smallest absolute Gasteiger partial charge is 1.00 e. The fraction of sp³-hybridized carbons (Fsp3) is 0.0333. The van der Waals surface area contributed by atoms with Gasteiger partial charge in [-0.15, -0.1) is 18.6 Å². The van der Waals surface area contributed by atoms with E-state index in [9.17, 15) is 0 Å². The number of aromatic amines is 2. The maximum atomic E-state index is 6.01. The first-order valence-corrected chi connectivity index (χ1v) is 15.5. The molecule has 2 aromatic heterocycles. The summed E-state index contributed by atoms with van der Waals surface area (Å²) in [7, 11) is 0. The van der Waals surface area contributed by atoms with Gasteiger partial charge in [-0.05, 0) is 72.8 Å². The second kappa shape index (κ2) is 17.7. The van der Waals surface area contributed by atoms with E-state index in [-0.39, 0.29) is 45.4 Å². The van der Waals surface area contributed by atoms with Crippen LogP contribution in [0.3, 0.4) is 0 Å². The molecular weight excluding hydrogens is 705 g/mol. The number of nitrogens with one attached hydrogen (secondary N) is 4. The number of rotatable bonds is 7. The number of aromatic nitrogens is 3. The molecule has 1 aliphatic rings. The summed E-state index contributed by atoms with van der Waals surface area (Å²) in [5.41, 5.74) is 19.0. The van der Waals surface area contributed by atoms with Gasteiger partial charge in [-0.3, -0.25) is 5.10 Å². The molecule has 0 saturated heterocycles. The van der Waals surface area contributed by atoms with E-state index >= 15 is 0 Å². The molecule has 239 valence electrons. The summed E-state index contributed by atoms with van der Waals surface area (Å²) in [4.78, 5) is 13.2. The molecule has 10 N–H and O–H groups in total. The minimum atomic E-state index is -0.151. The summed E-state index contributed by atoms with van der Waals surface area (Å²) < 4.78 is 9.29. The van der Waals surface area contributed by atoms with E-state index in [0.29, 0.717) is 21.3 Å². The average molecular weight is 730 g/mol. The number of halogens is 2. The summed E-state index contributed by atoms with van der Waals surface area (Å²) in [5.74, 6) is 15.9. The molecule has 0 aliphatic carbocycles. The van der Waals surface area contributed by atoms with Crippen molar-refractivity contribution in [2.75, 3.05) is 11.2 Å². The number of nitrogen functional groups attached to an aromatic ring is 1. The number of H-pyrrole nitrogens is 2. The van der Waals surface area contributed by atoms with Crippen LogP contribution in [0.1, 0.15) is 18.6 Å². The van der Waals surface area contributed by atoms with Gasteiger partial charge in [0.05, 0.1) is 41.0 Å². The number of nitrogens with zero attached hydrogens (tertiary/aromatic N) is 1. The molecule has 0 amide bonds. The van der Waals surface area contributed by atoms with Crippen LogP contribution < -0.4 is 57.9 Å². The molecule has 1 unspecified atom stereocenters. The molecule has 1 aliphatic heterocycles. The van der Waals surface area contributed by atoms with E-state index in [1.165, 1.54) is 0 Å². The molecular formula is C30H25BCl2N8NaO4S2. The first-order chi connectivity index (χ1) is 22.4. The van der Waals surface area contributed by atoms with Gasteiger partial charge in [0.25, 0.3) is 0 Å². The van der Waals surface area contributed by atoms with Crippen LogP contribution in [0.25, 0.3) is 33.2 Å². The third-order valence-corrected chi connectivity index (χ3v) is 8.42. The molecule has 3 heterocycles. The van der Waals surface area contributed by atoms with Crippen LogP contribution in [-0.4, -0.2) is 23.6 Å². The minimum absolute atomic E-state index is 0. The average Bonchev–Trinajstić information content (AvgIpc) is 3.79. The topological polar surface area (TPSA) is 184 Å². The van der Waals surface area contributed by atoms with E-state index < -0.39 is 0 Å². The van der Waals surface area contributed by atoms with Gasteiger partial charge in [-0.2, -0.15) is 16.9 Å². The Morgan fingerprint density at radius 1 is 0.833 bits per heavy atom. The van der Waals surface area contributed by atoms with E-state index in [4.69, 9.17) is 40.7 Å². The van der Waals surface area contributed by atoms with Gasteiger partial charge >= 0.3 is 29.6 Å². The van der Waals surface area contributed by atoms with E-state index in [2.05, 4.69) is 56.5 Å². The Hall–Kier alpha value is -2.89. The zero-order valence-electron chi connectivity index (χ0n) is 26.0. The zero-order chi connectivity index (χ0) is 32.0. The van der Waals surface area contributed by atoms with Crippen molar-refractivity contribution in [3.8, 4) is 23.2 Å². The summed E-state index contributed by atoms with van der Waals surface area (Å²) in [6.45, 7) is 0. The van der Waals surface area contributed by atoms with Crippen molar-refractivity contribution >= 4 is 88.9 Å². The van der Waals surface area contributed by atoms with Gasteiger partial charge < -0.3 is 17.6 Å². The normalized spacial score (nSPS) is 13.0. The Morgan fingerprint density at radius 2 is 1.54 bits per heavy atom. The third-order valence-electron chi connectivity index (χ3n) is 6.76. The Labute approximate surface area is 318 Å². The van der Waals surface area contributed by atoms with Crippen molar-refractivity contribution in [3.63, 3.8) is 0 Å². The van der Waals surface area contributed by atoms with Gasteiger partial charge in [0.1, 0.15) is 11.7 Å². The maximum Gasteiger partial charge on any atom is 1.00 e. The van der Waals surface area contributed by atoms with Crippen LogP contribution in [-0.2, 0) is 18.6 Å². The fourth-order valence-electron chi connectivity index (χ4n) is 4.68. The molecule has 1 atom stereocenters. The van der Waals surface area contributed by atoms with Gasteiger partial charge in [0.15, 0.2) is 0 Å². The molecule has 12 nitrogen and oxygen atoms in total. The standard InChI is InChI=1S/C15H11ClN4O2S.C15H13ClN4O2S.B.Na.H/c16-9-1-3-11-13(7-9)19-20-15(11)14-6-8-5-10(23-22-21-17)2-4-12(8)18-14;16-10-2-4-12-14(19-20-15(12)8-10)6-1-9-7-11(23-22-21-18)3-5-13(9)17;;;/h1-7,18H,17H2,(H,19,20);2-5,7-8,14,19-20H,17-18H2;;;/q;;;+1;-1. The number of hydrogen-bond acceptors (Lipinski definition) is 12. The second-order valence-corrected chi connectivity index (χ2v) is 12.1. The SMILES string of the molecule is NOOSc1ccc(N)c(C#CC2NNc3cc(Cl)ccc32)c1.NOOSc1ccc2[nH]c(-c3n[nH]c4cc(Cl)ccc34)cc2c1.[B].[H-].[Na+].